The van der Waals surface area contributed by atoms with Gasteiger partial charge in [0.25, 0.3) is 0 Å². The molecule has 0 saturated carbocycles. The molecule has 0 saturated heterocycles. The van der Waals surface area contributed by atoms with Gasteiger partial charge in [0.2, 0.25) is 0 Å². The van der Waals surface area contributed by atoms with Gasteiger partial charge in [0.15, 0.2) is 0 Å². The molecule has 0 N–H and O–H groups in total. The summed E-state index contributed by atoms with van der Waals surface area (Å²) in [5, 5.41) is 4.97. The van der Waals surface area contributed by atoms with Gasteiger partial charge in [-0.3, -0.25) is 0 Å². The monoisotopic (exact) mass is 828 g/mol. The van der Waals surface area contributed by atoms with Gasteiger partial charge in [-0.25, -0.2) is 0 Å². The van der Waals surface area contributed by atoms with Gasteiger partial charge >= 0.3 is 0 Å². The second kappa shape index (κ2) is 14.4. The summed E-state index contributed by atoms with van der Waals surface area (Å²) in [6, 6.07) is 85.2. The van der Waals surface area contributed by atoms with Gasteiger partial charge in [0, 0.05) is 38.3 Å². The maximum Gasteiger partial charge on any atom is 0.0547 e. The van der Waals surface area contributed by atoms with Crippen molar-refractivity contribution in [1.82, 2.24) is 9.13 Å². The summed E-state index contributed by atoms with van der Waals surface area (Å²) >= 11 is 0. The van der Waals surface area contributed by atoms with Crippen LogP contribution in [0.5, 0.6) is 0 Å². The molecule has 0 fully saturated rings. The predicted molar refractivity (Wildman–Crippen MR) is 274 cm³/mol. The maximum absolute atomic E-state index is 2.51. The summed E-state index contributed by atoms with van der Waals surface area (Å²) < 4.78 is 4.89. The van der Waals surface area contributed by atoms with E-state index in [0.29, 0.717) is 0 Å². The standard InChI is InChI=1S/C63H44N2/c1-63(2)57-24-14-12-22-51(57)52-31-29-50(40-58(52)63)65-61-33-28-44(48-35-46(41-16-6-3-7-17-41)34-47(36-48)42-18-8-4-9-19-42)38-56(61)54-30-26-45(39-62(54)65)43-27-32-60-55(37-43)53-23-13-15-25-59(53)64(60)49-20-10-5-11-21-49/h3-40H,1-2H3. The molecule has 0 amide bonds. The molecule has 12 aromatic rings. The van der Waals surface area contributed by atoms with Crippen LogP contribution in [0.15, 0.2) is 231 Å². The summed E-state index contributed by atoms with van der Waals surface area (Å²) in [7, 11) is 0. The van der Waals surface area contributed by atoms with E-state index in [-0.39, 0.29) is 5.41 Å². The summed E-state index contributed by atoms with van der Waals surface area (Å²) in [6.07, 6.45) is 0. The summed E-state index contributed by atoms with van der Waals surface area (Å²) in [4.78, 5) is 0. The van der Waals surface area contributed by atoms with E-state index in [2.05, 4.69) is 254 Å². The number of nitrogens with zero attached hydrogens (tertiary/aromatic N) is 2. The van der Waals surface area contributed by atoms with Gasteiger partial charge in [-0.1, -0.05) is 166 Å². The zero-order valence-corrected chi connectivity index (χ0v) is 36.3. The Kier molecular flexibility index (Phi) is 8.29. The van der Waals surface area contributed by atoms with Crippen LogP contribution in [0.25, 0.3) is 111 Å². The fourth-order valence-electron chi connectivity index (χ4n) is 10.9. The van der Waals surface area contributed by atoms with E-state index in [9.17, 15) is 0 Å². The highest BCUT2D eigenvalue weighted by Gasteiger charge is 2.35. The summed E-state index contributed by atoms with van der Waals surface area (Å²) in [5.41, 5.74) is 22.1. The molecule has 0 unspecified atom stereocenters. The number of para-hydroxylation sites is 2. The Hall–Kier alpha value is -8.20. The predicted octanol–water partition coefficient (Wildman–Crippen LogP) is 16.9. The summed E-state index contributed by atoms with van der Waals surface area (Å²) in [5.74, 6) is 0. The first-order valence-corrected chi connectivity index (χ1v) is 22.7. The number of benzene rings is 10. The molecule has 13 rings (SSSR count). The van der Waals surface area contributed by atoms with E-state index in [4.69, 9.17) is 0 Å². The van der Waals surface area contributed by atoms with Crippen LogP contribution in [0.3, 0.4) is 0 Å². The molecule has 65 heavy (non-hydrogen) atoms. The first kappa shape index (κ1) is 37.4. The van der Waals surface area contributed by atoms with E-state index in [0.717, 1.165) is 0 Å². The smallest absolute Gasteiger partial charge is 0.0547 e. The average molecular weight is 829 g/mol. The fourth-order valence-corrected chi connectivity index (χ4v) is 10.9. The number of aromatic nitrogens is 2. The van der Waals surface area contributed by atoms with Crippen molar-refractivity contribution >= 4 is 43.6 Å². The Morgan fingerprint density at radius 2 is 0.738 bits per heavy atom. The van der Waals surface area contributed by atoms with Crippen LogP contribution in [0.4, 0.5) is 0 Å². The maximum atomic E-state index is 2.51. The molecule has 1 aliphatic carbocycles. The number of hydrogen-bond donors (Lipinski definition) is 0. The van der Waals surface area contributed by atoms with E-state index in [1.54, 1.807) is 0 Å². The molecule has 1 aliphatic rings. The highest BCUT2D eigenvalue weighted by molar-refractivity contribution is 6.13. The van der Waals surface area contributed by atoms with Gasteiger partial charge in [0.05, 0.1) is 22.1 Å². The molecular formula is C63H44N2. The molecule has 0 aliphatic heterocycles. The molecule has 0 radical (unpaired) electrons. The zero-order chi connectivity index (χ0) is 43.2. The van der Waals surface area contributed by atoms with E-state index >= 15 is 0 Å². The van der Waals surface area contributed by atoms with Crippen molar-refractivity contribution in [3.8, 4) is 67.0 Å². The molecule has 2 heteroatoms. The van der Waals surface area contributed by atoms with Crippen molar-refractivity contribution in [2.45, 2.75) is 19.3 Å². The Balaban J connectivity index is 1.03. The minimum Gasteiger partial charge on any atom is -0.309 e. The second-order valence-corrected chi connectivity index (χ2v) is 18.2. The fraction of sp³-hybridized carbons (Fsp3) is 0.0476. The quantitative estimate of drug-likeness (QED) is 0.158. The molecule has 306 valence electrons. The van der Waals surface area contributed by atoms with Gasteiger partial charge in [0.1, 0.15) is 0 Å². The number of fused-ring (bicyclic) bond motifs is 9. The van der Waals surface area contributed by atoms with E-state index < -0.39 is 0 Å². The lowest BCUT2D eigenvalue weighted by Crippen LogP contribution is -2.15. The second-order valence-electron chi connectivity index (χ2n) is 18.2. The normalized spacial score (nSPS) is 12.9. The Morgan fingerprint density at radius 1 is 0.262 bits per heavy atom. The highest BCUT2D eigenvalue weighted by atomic mass is 15.0. The molecule has 0 spiro atoms. The van der Waals surface area contributed by atoms with Gasteiger partial charge < -0.3 is 9.13 Å². The number of hydrogen-bond acceptors (Lipinski definition) is 0. The van der Waals surface area contributed by atoms with Crippen molar-refractivity contribution in [1.29, 1.82) is 0 Å². The molecule has 10 aromatic carbocycles. The summed E-state index contributed by atoms with van der Waals surface area (Å²) in [6.45, 7) is 4.74. The minimum absolute atomic E-state index is 0.117. The number of rotatable bonds is 6. The van der Waals surface area contributed by atoms with Crippen LogP contribution in [-0.4, -0.2) is 9.13 Å². The third-order valence-corrected chi connectivity index (χ3v) is 14.1. The van der Waals surface area contributed by atoms with Crippen molar-refractivity contribution in [2.24, 2.45) is 0 Å². The van der Waals surface area contributed by atoms with Crippen molar-refractivity contribution in [3.63, 3.8) is 0 Å². The molecule has 0 bridgehead atoms. The third-order valence-electron chi connectivity index (χ3n) is 14.1. The van der Waals surface area contributed by atoms with Gasteiger partial charge in [-0.05, 0) is 146 Å². The molecule has 0 atom stereocenters. The van der Waals surface area contributed by atoms with Crippen molar-refractivity contribution in [2.75, 3.05) is 0 Å². The zero-order valence-electron chi connectivity index (χ0n) is 36.3. The van der Waals surface area contributed by atoms with Crippen LogP contribution in [0.2, 0.25) is 0 Å². The van der Waals surface area contributed by atoms with Crippen LogP contribution in [0.1, 0.15) is 25.0 Å². The van der Waals surface area contributed by atoms with Crippen LogP contribution < -0.4 is 0 Å². The Morgan fingerprint density at radius 3 is 1.42 bits per heavy atom. The third kappa shape index (κ3) is 5.88. The van der Waals surface area contributed by atoms with Gasteiger partial charge in [-0.15, -0.1) is 0 Å². The van der Waals surface area contributed by atoms with Crippen LogP contribution >= 0.6 is 0 Å². The van der Waals surface area contributed by atoms with Crippen molar-refractivity contribution < 1.29 is 0 Å². The van der Waals surface area contributed by atoms with Gasteiger partial charge in [-0.2, -0.15) is 0 Å². The highest BCUT2D eigenvalue weighted by Crippen LogP contribution is 2.50. The van der Waals surface area contributed by atoms with E-state index in [1.165, 1.54) is 122 Å². The van der Waals surface area contributed by atoms with Crippen molar-refractivity contribution in [3.05, 3.63) is 242 Å². The Labute approximate surface area is 378 Å². The molecule has 2 heterocycles. The first-order chi connectivity index (χ1) is 32.0. The molecule has 2 nitrogen and oxygen atoms in total. The average Bonchev–Trinajstić information content (AvgIpc) is 3.96. The van der Waals surface area contributed by atoms with E-state index in [1.807, 2.05) is 0 Å². The lowest BCUT2D eigenvalue weighted by Gasteiger charge is -2.22. The van der Waals surface area contributed by atoms with Crippen LogP contribution in [-0.2, 0) is 5.41 Å². The first-order valence-electron chi connectivity index (χ1n) is 22.7. The lowest BCUT2D eigenvalue weighted by atomic mass is 9.82. The van der Waals surface area contributed by atoms with Crippen LogP contribution in [0, 0.1) is 0 Å². The molecular weight excluding hydrogens is 785 g/mol. The Bertz CT molecular complexity index is 3770. The lowest BCUT2D eigenvalue weighted by molar-refractivity contribution is 0.660. The largest absolute Gasteiger partial charge is 0.309 e. The molecule has 2 aromatic heterocycles. The SMILES string of the molecule is CC1(C)c2ccccc2-c2ccc(-n3c4ccc(-c5cc(-c6ccccc6)cc(-c6ccccc6)c5)cc4c4ccc(-c5ccc6c(c5)c5ccccc5n6-c5ccccc5)cc43)cc21. The minimum atomic E-state index is -0.117. The topological polar surface area (TPSA) is 9.86 Å².